The third-order valence-electron chi connectivity index (χ3n) is 7.30. The van der Waals surface area contributed by atoms with E-state index in [0.717, 1.165) is 55.8 Å². The molecule has 3 nitrogen and oxygen atoms in total. The lowest BCUT2D eigenvalue weighted by atomic mass is 9.50. The van der Waals surface area contributed by atoms with Crippen molar-refractivity contribution in [3.8, 4) is 0 Å². The molecule has 1 saturated heterocycles. The summed E-state index contributed by atoms with van der Waals surface area (Å²) in [7, 11) is 0. The summed E-state index contributed by atoms with van der Waals surface area (Å²) in [6.07, 6.45) is 9.68. The number of nitrogens with zero attached hydrogens (tertiary/aromatic N) is 1. The fraction of sp³-hybridized carbons (Fsp3) is 1.00. The van der Waals surface area contributed by atoms with Crippen LogP contribution in [-0.4, -0.2) is 49.0 Å². The first kappa shape index (κ1) is 19.9. The van der Waals surface area contributed by atoms with E-state index in [9.17, 15) is 5.11 Å². The highest BCUT2D eigenvalue weighted by molar-refractivity contribution is 5.85. The molecular weight excluding hydrogens is 334 g/mol. The van der Waals surface area contributed by atoms with Gasteiger partial charge in [0.25, 0.3) is 0 Å². The molecule has 3 atom stereocenters. The van der Waals surface area contributed by atoms with E-state index in [4.69, 9.17) is 4.74 Å². The van der Waals surface area contributed by atoms with Gasteiger partial charge in [0.1, 0.15) is 0 Å². The van der Waals surface area contributed by atoms with Gasteiger partial charge in [0.05, 0.1) is 19.3 Å². The van der Waals surface area contributed by atoms with Gasteiger partial charge in [0.15, 0.2) is 0 Å². The van der Waals surface area contributed by atoms with Gasteiger partial charge in [-0.3, -0.25) is 0 Å². The topological polar surface area (TPSA) is 32.7 Å². The lowest BCUT2D eigenvalue weighted by Crippen LogP contribution is -2.48. The van der Waals surface area contributed by atoms with Gasteiger partial charge in [-0.25, -0.2) is 0 Å². The first-order valence-electron chi connectivity index (χ1n) is 10.5. The van der Waals surface area contributed by atoms with E-state index in [2.05, 4.69) is 18.7 Å². The summed E-state index contributed by atoms with van der Waals surface area (Å²) < 4.78 is 6.10. The fourth-order valence-electron chi connectivity index (χ4n) is 7.17. The minimum atomic E-state index is -0.323. The van der Waals surface area contributed by atoms with E-state index in [1.54, 1.807) is 0 Å². The number of aliphatic hydroxyl groups excluding tert-OH is 1. The van der Waals surface area contributed by atoms with E-state index in [1.165, 1.54) is 44.9 Å². The largest absolute Gasteiger partial charge is 0.389 e. The summed E-state index contributed by atoms with van der Waals surface area (Å²) >= 11 is 0. The van der Waals surface area contributed by atoms with Gasteiger partial charge in [-0.1, -0.05) is 13.8 Å². The third-order valence-corrected chi connectivity index (χ3v) is 7.30. The van der Waals surface area contributed by atoms with Crippen LogP contribution in [0, 0.1) is 35.0 Å². The molecule has 4 saturated carbocycles. The standard InChI is InChI=1S/C21H37NO2.ClH/c1-15-3-16(2)11-22(10-15)12-20(23)13-24-14-21-7-17-4-18(8-21)6-19(5-17)9-21;/h15-20,23H,3-14H2,1-2H3;1H. The molecule has 4 bridgehead atoms. The highest BCUT2D eigenvalue weighted by atomic mass is 35.5. The van der Waals surface area contributed by atoms with Gasteiger partial charge in [-0.15, -0.1) is 12.4 Å². The van der Waals surface area contributed by atoms with Crippen molar-refractivity contribution in [3.05, 3.63) is 0 Å². The molecule has 5 fully saturated rings. The van der Waals surface area contributed by atoms with Crippen LogP contribution >= 0.6 is 12.4 Å². The van der Waals surface area contributed by atoms with Gasteiger partial charge >= 0.3 is 0 Å². The van der Waals surface area contributed by atoms with E-state index in [-0.39, 0.29) is 18.5 Å². The SMILES string of the molecule is CC1CC(C)CN(CC(O)COCC23CC4CC(CC(C4)C2)C3)C1.Cl. The Hall–Kier alpha value is 0.170. The first-order valence-corrected chi connectivity index (χ1v) is 10.5. The minimum Gasteiger partial charge on any atom is -0.389 e. The Kier molecular flexibility index (Phi) is 6.41. The van der Waals surface area contributed by atoms with Gasteiger partial charge in [-0.05, 0) is 80.0 Å². The molecule has 146 valence electrons. The molecule has 0 amide bonds. The summed E-state index contributed by atoms with van der Waals surface area (Å²) in [6, 6.07) is 0. The van der Waals surface area contributed by atoms with E-state index >= 15 is 0 Å². The second-order valence-electron chi connectivity index (χ2n) is 10.3. The number of likely N-dealkylation sites (tertiary alicyclic amines) is 1. The van der Waals surface area contributed by atoms with Crippen LogP contribution in [0.15, 0.2) is 0 Å². The molecule has 0 aromatic carbocycles. The summed E-state index contributed by atoms with van der Waals surface area (Å²) in [6.45, 7) is 9.15. The van der Waals surface area contributed by atoms with Crippen LogP contribution in [0.4, 0.5) is 0 Å². The predicted octanol–water partition coefficient (Wildman–Crippen LogP) is 3.98. The Morgan fingerprint density at radius 3 is 2.00 bits per heavy atom. The van der Waals surface area contributed by atoms with Crippen molar-refractivity contribution in [2.75, 3.05) is 32.8 Å². The first-order chi connectivity index (χ1) is 11.5. The monoisotopic (exact) mass is 371 g/mol. The van der Waals surface area contributed by atoms with Crippen LogP contribution in [0.2, 0.25) is 0 Å². The molecule has 5 aliphatic rings. The quantitative estimate of drug-likeness (QED) is 0.766. The lowest BCUT2D eigenvalue weighted by Gasteiger charge is -2.56. The summed E-state index contributed by atoms with van der Waals surface area (Å²) in [5, 5.41) is 10.4. The number of hydrogen-bond donors (Lipinski definition) is 1. The van der Waals surface area contributed by atoms with Crippen LogP contribution in [-0.2, 0) is 4.74 Å². The van der Waals surface area contributed by atoms with Crippen molar-refractivity contribution in [3.63, 3.8) is 0 Å². The van der Waals surface area contributed by atoms with Crippen molar-refractivity contribution in [2.24, 2.45) is 35.0 Å². The molecule has 0 spiro atoms. The van der Waals surface area contributed by atoms with Crippen molar-refractivity contribution < 1.29 is 9.84 Å². The number of ether oxygens (including phenoxy) is 1. The molecule has 1 aliphatic heterocycles. The van der Waals surface area contributed by atoms with Crippen molar-refractivity contribution in [2.45, 2.75) is 64.9 Å². The van der Waals surface area contributed by atoms with E-state index in [0.29, 0.717) is 12.0 Å². The van der Waals surface area contributed by atoms with Crippen LogP contribution in [0.3, 0.4) is 0 Å². The Bertz CT molecular complexity index is 398. The molecule has 0 aromatic heterocycles. The molecule has 1 heterocycles. The second-order valence-corrected chi connectivity index (χ2v) is 10.3. The third kappa shape index (κ3) is 4.72. The van der Waals surface area contributed by atoms with Crippen molar-refractivity contribution in [1.29, 1.82) is 0 Å². The van der Waals surface area contributed by atoms with Crippen LogP contribution in [0.25, 0.3) is 0 Å². The minimum absolute atomic E-state index is 0. The van der Waals surface area contributed by atoms with Crippen molar-refractivity contribution >= 4 is 12.4 Å². The number of hydrogen-bond acceptors (Lipinski definition) is 3. The zero-order valence-corrected chi connectivity index (χ0v) is 17.0. The Labute approximate surface area is 160 Å². The molecule has 0 aromatic rings. The Morgan fingerprint density at radius 1 is 0.960 bits per heavy atom. The average Bonchev–Trinajstić information content (AvgIpc) is 2.44. The van der Waals surface area contributed by atoms with Gasteiger partial charge in [-0.2, -0.15) is 0 Å². The normalized spacial score (nSPS) is 44.5. The average molecular weight is 372 g/mol. The second kappa shape index (κ2) is 8.04. The lowest BCUT2D eigenvalue weighted by molar-refractivity contribution is -0.107. The molecule has 25 heavy (non-hydrogen) atoms. The number of piperidine rings is 1. The van der Waals surface area contributed by atoms with Gasteiger partial charge < -0.3 is 14.7 Å². The smallest absolute Gasteiger partial charge is 0.0900 e. The maximum Gasteiger partial charge on any atom is 0.0900 e. The van der Waals surface area contributed by atoms with E-state index < -0.39 is 0 Å². The predicted molar refractivity (Wildman–Crippen MR) is 104 cm³/mol. The summed E-state index contributed by atoms with van der Waals surface area (Å²) in [4.78, 5) is 2.44. The molecule has 0 radical (unpaired) electrons. The Balaban J connectivity index is 0.00000182. The number of β-amino-alcohol motifs (C(OH)–C–C–N with tert-alkyl or cyclic N) is 1. The van der Waals surface area contributed by atoms with Crippen LogP contribution in [0.5, 0.6) is 0 Å². The highest BCUT2D eigenvalue weighted by Gasteiger charge is 2.50. The summed E-state index contributed by atoms with van der Waals surface area (Å²) in [5.41, 5.74) is 0.475. The maximum absolute atomic E-state index is 10.4. The maximum atomic E-state index is 10.4. The molecule has 1 N–H and O–H groups in total. The van der Waals surface area contributed by atoms with Gasteiger partial charge in [0, 0.05) is 19.6 Å². The molecular formula is C21H38ClNO2. The molecule has 4 heteroatoms. The molecule has 4 aliphatic carbocycles. The van der Waals surface area contributed by atoms with E-state index in [1.807, 2.05) is 0 Å². The Morgan fingerprint density at radius 2 is 1.48 bits per heavy atom. The highest BCUT2D eigenvalue weighted by Crippen LogP contribution is 2.60. The molecule has 3 unspecified atom stereocenters. The number of rotatable bonds is 6. The molecule has 5 rings (SSSR count). The van der Waals surface area contributed by atoms with Gasteiger partial charge in [0.2, 0.25) is 0 Å². The van der Waals surface area contributed by atoms with Crippen LogP contribution < -0.4 is 0 Å². The number of halogens is 1. The summed E-state index contributed by atoms with van der Waals surface area (Å²) in [5.74, 6) is 4.48. The zero-order chi connectivity index (χ0) is 16.7. The van der Waals surface area contributed by atoms with Crippen molar-refractivity contribution in [1.82, 2.24) is 4.90 Å². The fourth-order valence-corrected chi connectivity index (χ4v) is 7.17. The van der Waals surface area contributed by atoms with Crippen LogP contribution in [0.1, 0.15) is 58.8 Å². The number of aliphatic hydroxyl groups is 1. The zero-order valence-electron chi connectivity index (χ0n) is 16.2.